The van der Waals surface area contributed by atoms with Crippen molar-refractivity contribution in [2.45, 2.75) is 13.3 Å². The highest BCUT2D eigenvalue weighted by Gasteiger charge is 2.22. The summed E-state index contributed by atoms with van der Waals surface area (Å²) in [6, 6.07) is 0. The van der Waals surface area contributed by atoms with Crippen LogP contribution in [0.25, 0.3) is 0 Å². The van der Waals surface area contributed by atoms with Crippen LogP contribution >= 0.6 is 0 Å². The van der Waals surface area contributed by atoms with Gasteiger partial charge in [0.2, 0.25) is 18.2 Å². The highest BCUT2D eigenvalue weighted by Crippen LogP contribution is 2.02. The van der Waals surface area contributed by atoms with E-state index in [2.05, 4.69) is 0 Å². The maximum atomic E-state index is 12.1. The fourth-order valence-corrected chi connectivity index (χ4v) is 2.09. The molecule has 1 saturated heterocycles. The number of carbonyl (C=O) groups excluding carboxylic acids is 3. The Balaban J connectivity index is 2.41. The number of rotatable bonds is 7. The van der Waals surface area contributed by atoms with Crippen LogP contribution in [0.15, 0.2) is 0 Å². The van der Waals surface area contributed by atoms with Crippen LogP contribution in [0.2, 0.25) is 0 Å². The van der Waals surface area contributed by atoms with E-state index >= 15 is 0 Å². The molecule has 7 nitrogen and oxygen atoms in total. The second-order valence-corrected chi connectivity index (χ2v) is 4.81. The SMILES string of the molecule is COCCCN(CC(=O)N1CCN(C=O)CC1)C(C)=O. The average molecular weight is 285 g/mol. The van der Waals surface area contributed by atoms with E-state index in [9.17, 15) is 14.4 Å². The molecule has 114 valence electrons. The van der Waals surface area contributed by atoms with Gasteiger partial charge in [0.15, 0.2) is 0 Å². The highest BCUT2D eigenvalue weighted by atomic mass is 16.5. The Morgan fingerprint density at radius 2 is 1.90 bits per heavy atom. The predicted octanol–water partition coefficient (Wildman–Crippen LogP) is -0.828. The monoisotopic (exact) mass is 285 g/mol. The minimum Gasteiger partial charge on any atom is -0.385 e. The van der Waals surface area contributed by atoms with Crippen LogP contribution in [0.4, 0.5) is 0 Å². The number of amides is 3. The lowest BCUT2D eigenvalue weighted by Gasteiger charge is -2.34. The van der Waals surface area contributed by atoms with Crippen molar-refractivity contribution >= 4 is 18.2 Å². The van der Waals surface area contributed by atoms with Gasteiger partial charge in [-0.05, 0) is 6.42 Å². The largest absolute Gasteiger partial charge is 0.385 e. The van der Waals surface area contributed by atoms with E-state index < -0.39 is 0 Å². The number of carbonyl (C=O) groups is 3. The first-order valence-electron chi connectivity index (χ1n) is 6.80. The molecule has 0 aromatic rings. The Labute approximate surface area is 119 Å². The van der Waals surface area contributed by atoms with Crippen LogP contribution in [0.3, 0.4) is 0 Å². The van der Waals surface area contributed by atoms with Gasteiger partial charge in [-0.25, -0.2) is 0 Å². The van der Waals surface area contributed by atoms with Gasteiger partial charge in [0.25, 0.3) is 0 Å². The summed E-state index contributed by atoms with van der Waals surface area (Å²) in [7, 11) is 1.61. The van der Waals surface area contributed by atoms with Crippen molar-refractivity contribution in [1.82, 2.24) is 14.7 Å². The molecule has 0 atom stereocenters. The standard InChI is InChI=1S/C13H23N3O4/c1-12(18)16(4-3-9-20-2)10-13(19)15-7-5-14(11-17)6-8-15/h11H,3-10H2,1-2H3. The molecule has 0 unspecified atom stereocenters. The summed E-state index contributed by atoms with van der Waals surface area (Å²) in [6.07, 6.45) is 1.51. The van der Waals surface area contributed by atoms with Gasteiger partial charge in [-0.15, -0.1) is 0 Å². The molecule has 1 aliphatic heterocycles. The maximum absolute atomic E-state index is 12.1. The van der Waals surface area contributed by atoms with Crippen LogP contribution in [-0.2, 0) is 19.1 Å². The minimum absolute atomic E-state index is 0.0665. The van der Waals surface area contributed by atoms with E-state index in [1.807, 2.05) is 0 Å². The molecule has 0 radical (unpaired) electrons. The highest BCUT2D eigenvalue weighted by molar-refractivity contribution is 5.84. The Kier molecular flexibility index (Phi) is 7.00. The normalized spacial score (nSPS) is 15.1. The predicted molar refractivity (Wildman–Crippen MR) is 73.0 cm³/mol. The van der Waals surface area contributed by atoms with Crippen molar-refractivity contribution in [3.63, 3.8) is 0 Å². The maximum Gasteiger partial charge on any atom is 0.242 e. The van der Waals surface area contributed by atoms with Crippen LogP contribution in [0.1, 0.15) is 13.3 Å². The molecular formula is C13H23N3O4. The van der Waals surface area contributed by atoms with E-state index in [0.29, 0.717) is 45.8 Å². The lowest BCUT2D eigenvalue weighted by molar-refractivity contribution is -0.141. The number of hydrogen-bond donors (Lipinski definition) is 0. The van der Waals surface area contributed by atoms with E-state index in [4.69, 9.17) is 4.74 Å². The topological polar surface area (TPSA) is 70.2 Å². The Morgan fingerprint density at radius 1 is 1.25 bits per heavy atom. The minimum atomic E-state index is -0.110. The van der Waals surface area contributed by atoms with Gasteiger partial charge in [0, 0.05) is 53.4 Å². The summed E-state index contributed by atoms with van der Waals surface area (Å²) < 4.78 is 4.95. The Morgan fingerprint density at radius 3 is 2.40 bits per heavy atom. The van der Waals surface area contributed by atoms with Crippen molar-refractivity contribution in [3.8, 4) is 0 Å². The van der Waals surface area contributed by atoms with E-state index in [-0.39, 0.29) is 18.4 Å². The summed E-state index contributed by atoms with van der Waals surface area (Å²) in [5.74, 6) is -0.177. The zero-order valence-corrected chi connectivity index (χ0v) is 12.2. The third kappa shape index (κ3) is 5.16. The summed E-state index contributed by atoms with van der Waals surface area (Å²) in [4.78, 5) is 39.1. The molecule has 0 saturated carbocycles. The quantitative estimate of drug-likeness (QED) is 0.452. The summed E-state index contributed by atoms with van der Waals surface area (Å²) in [5.41, 5.74) is 0. The molecule has 3 amide bonds. The summed E-state index contributed by atoms with van der Waals surface area (Å²) in [5, 5.41) is 0. The average Bonchev–Trinajstić information content (AvgIpc) is 2.46. The van der Waals surface area contributed by atoms with Crippen molar-refractivity contribution in [2.24, 2.45) is 0 Å². The summed E-state index contributed by atoms with van der Waals surface area (Å²) >= 11 is 0. The summed E-state index contributed by atoms with van der Waals surface area (Å²) in [6.45, 7) is 4.81. The second kappa shape index (κ2) is 8.52. The van der Waals surface area contributed by atoms with E-state index in [1.54, 1.807) is 16.9 Å². The lowest BCUT2D eigenvalue weighted by atomic mass is 10.3. The van der Waals surface area contributed by atoms with Gasteiger partial charge in [0.05, 0.1) is 6.54 Å². The molecule has 1 rings (SSSR count). The molecule has 20 heavy (non-hydrogen) atoms. The van der Waals surface area contributed by atoms with Gasteiger partial charge in [0.1, 0.15) is 0 Å². The molecule has 0 N–H and O–H groups in total. The van der Waals surface area contributed by atoms with Crippen LogP contribution in [0, 0.1) is 0 Å². The molecule has 0 bridgehead atoms. The van der Waals surface area contributed by atoms with Gasteiger partial charge < -0.3 is 19.4 Å². The molecule has 1 aliphatic rings. The molecule has 0 aromatic carbocycles. The van der Waals surface area contributed by atoms with Gasteiger partial charge in [-0.3, -0.25) is 14.4 Å². The number of hydrogen-bond acceptors (Lipinski definition) is 4. The number of nitrogens with zero attached hydrogens (tertiary/aromatic N) is 3. The van der Waals surface area contributed by atoms with Crippen LogP contribution < -0.4 is 0 Å². The third-order valence-corrected chi connectivity index (χ3v) is 3.36. The number of ether oxygens (including phenoxy) is 1. The fraction of sp³-hybridized carbons (Fsp3) is 0.769. The van der Waals surface area contributed by atoms with E-state index in [0.717, 1.165) is 6.41 Å². The Hall–Kier alpha value is -1.63. The van der Waals surface area contributed by atoms with Crippen molar-refractivity contribution in [3.05, 3.63) is 0 Å². The van der Waals surface area contributed by atoms with Gasteiger partial charge in [-0.2, -0.15) is 0 Å². The van der Waals surface area contributed by atoms with Gasteiger partial charge in [-0.1, -0.05) is 0 Å². The molecule has 1 fully saturated rings. The van der Waals surface area contributed by atoms with Crippen LogP contribution in [0.5, 0.6) is 0 Å². The fourth-order valence-electron chi connectivity index (χ4n) is 2.09. The number of piperazine rings is 1. The second-order valence-electron chi connectivity index (χ2n) is 4.81. The molecular weight excluding hydrogens is 262 g/mol. The molecule has 0 aromatic heterocycles. The van der Waals surface area contributed by atoms with E-state index in [1.165, 1.54) is 11.8 Å². The zero-order chi connectivity index (χ0) is 15.0. The lowest BCUT2D eigenvalue weighted by Crippen LogP contribution is -2.51. The molecule has 1 heterocycles. The van der Waals surface area contributed by atoms with Crippen molar-refractivity contribution in [1.29, 1.82) is 0 Å². The first-order chi connectivity index (χ1) is 9.58. The smallest absolute Gasteiger partial charge is 0.242 e. The van der Waals surface area contributed by atoms with Crippen molar-refractivity contribution in [2.75, 3.05) is 53.0 Å². The van der Waals surface area contributed by atoms with Crippen molar-refractivity contribution < 1.29 is 19.1 Å². The van der Waals surface area contributed by atoms with Gasteiger partial charge >= 0.3 is 0 Å². The first kappa shape index (κ1) is 16.4. The third-order valence-electron chi connectivity index (χ3n) is 3.36. The molecule has 7 heteroatoms. The first-order valence-corrected chi connectivity index (χ1v) is 6.80. The molecule has 0 spiro atoms. The van der Waals surface area contributed by atoms with Crippen LogP contribution in [-0.4, -0.2) is 85.9 Å². The molecule has 0 aliphatic carbocycles. The Bertz CT molecular complexity index is 341. The number of methoxy groups -OCH3 is 1. The zero-order valence-electron chi connectivity index (χ0n) is 12.2.